The normalized spacial score (nSPS) is 11.3. The van der Waals surface area contributed by atoms with E-state index in [-0.39, 0.29) is 34.3 Å². The van der Waals surface area contributed by atoms with Crippen molar-refractivity contribution < 1.29 is 14.3 Å². The lowest BCUT2D eigenvalue weighted by molar-refractivity contribution is -0.384. The maximum absolute atomic E-state index is 12.5. The number of nitro benzene ring substituents is 1. The molecule has 1 amide bonds. The molecular formula is C18H13ClN8O4. The molecule has 0 saturated heterocycles. The summed E-state index contributed by atoms with van der Waals surface area (Å²) in [6.45, 7) is -0.165. The molecule has 0 spiro atoms. The first-order valence-corrected chi connectivity index (χ1v) is 9.11. The molecule has 0 bridgehead atoms. The van der Waals surface area contributed by atoms with Gasteiger partial charge in [-0.15, -0.1) is 0 Å². The van der Waals surface area contributed by atoms with Gasteiger partial charge in [0.25, 0.3) is 11.6 Å². The first-order chi connectivity index (χ1) is 14.9. The van der Waals surface area contributed by atoms with Crippen molar-refractivity contribution in [2.75, 3.05) is 5.73 Å². The summed E-state index contributed by atoms with van der Waals surface area (Å²) >= 11 is 6.02. The van der Waals surface area contributed by atoms with E-state index in [2.05, 4.69) is 30.5 Å². The second-order valence-electron chi connectivity index (χ2n) is 6.26. The summed E-state index contributed by atoms with van der Waals surface area (Å²) in [4.78, 5) is 27.3. The molecule has 0 radical (unpaired) electrons. The third kappa shape index (κ3) is 4.04. The Morgan fingerprint density at radius 2 is 2.13 bits per heavy atom. The number of hydrogen-bond acceptors (Lipinski definition) is 9. The van der Waals surface area contributed by atoms with Crippen molar-refractivity contribution in [3.05, 3.63) is 63.2 Å². The van der Waals surface area contributed by atoms with Crippen LogP contribution in [0.2, 0.25) is 5.02 Å². The van der Waals surface area contributed by atoms with Crippen LogP contribution in [0.3, 0.4) is 0 Å². The second-order valence-corrected chi connectivity index (χ2v) is 6.67. The molecule has 0 aliphatic heterocycles. The SMILES string of the molecule is Nc1nonc1-c1nc2ccccc2n1CC(=O)N/N=C/c1cc([N+](=O)[O-])ccc1Cl. The van der Waals surface area contributed by atoms with Crippen LogP contribution in [-0.2, 0) is 11.3 Å². The van der Waals surface area contributed by atoms with Gasteiger partial charge in [0, 0.05) is 22.7 Å². The molecule has 4 aromatic rings. The molecule has 12 nitrogen and oxygen atoms in total. The van der Waals surface area contributed by atoms with Crippen LogP contribution in [0.15, 0.2) is 52.2 Å². The Balaban J connectivity index is 1.57. The molecule has 31 heavy (non-hydrogen) atoms. The minimum atomic E-state index is -0.553. The van der Waals surface area contributed by atoms with E-state index in [4.69, 9.17) is 17.3 Å². The quantitative estimate of drug-likeness (QED) is 0.261. The molecule has 0 fully saturated rings. The number of anilines is 1. The molecule has 0 saturated carbocycles. The maximum atomic E-state index is 12.5. The van der Waals surface area contributed by atoms with Crippen LogP contribution in [-0.4, -0.2) is 36.9 Å². The van der Waals surface area contributed by atoms with Gasteiger partial charge >= 0.3 is 0 Å². The van der Waals surface area contributed by atoms with Crippen molar-refractivity contribution in [3.63, 3.8) is 0 Å². The van der Waals surface area contributed by atoms with Crippen molar-refractivity contribution >= 4 is 46.3 Å². The van der Waals surface area contributed by atoms with E-state index in [1.54, 1.807) is 28.8 Å². The van der Waals surface area contributed by atoms with Crippen molar-refractivity contribution in [1.82, 2.24) is 25.3 Å². The van der Waals surface area contributed by atoms with Crippen LogP contribution >= 0.6 is 11.6 Å². The molecule has 0 aliphatic rings. The number of imidazole rings is 1. The van der Waals surface area contributed by atoms with Crippen LogP contribution in [0.5, 0.6) is 0 Å². The number of non-ortho nitro benzene ring substituents is 1. The molecule has 2 aromatic heterocycles. The van der Waals surface area contributed by atoms with Crippen LogP contribution in [0, 0.1) is 10.1 Å². The second kappa shape index (κ2) is 8.20. The number of nitro groups is 1. The minimum absolute atomic E-state index is 0.0373. The summed E-state index contributed by atoms with van der Waals surface area (Å²) in [5.74, 6) is -0.145. The zero-order chi connectivity index (χ0) is 22.0. The average Bonchev–Trinajstić information content (AvgIpc) is 3.32. The van der Waals surface area contributed by atoms with E-state index in [9.17, 15) is 14.9 Å². The summed E-state index contributed by atoms with van der Waals surface area (Å²) < 4.78 is 6.24. The zero-order valence-corrected chi connectivity index (χ0v) is 16.4. The van der Waals surface area contributed by atoms with E-state index in [0.29, 0.717) is 16.9 Å². The van der Waals surface area contributed by atoms with Gasteiger partial charge in [0.05, 0.1) is 22.2 Å². The predicted molar refractivity (Wildman–Crippen MR) is 111 cm³/mol. The number of nitrogens with two attached hydrogens (primary N) is 1. The average molecular weight is 441 g/mol. The number of rotatable bonds is 6. The Morgan fingerprint density at radius 3 is 2.87 bits per heavy atom. The topological polar surface area (TPSA) is 167 Å². The number of fused-ring (bicyclic) bond motifs is 1. The fourth-order valence-electron chi connectivity index (χ4n) is 2.86. The number of amides is 1. The summed E-state index contributed by atoms with van der Waals surface area (Å²) in [7, 11) is 0. The third-order valence-electron chi connectivity index (χ3n) is 4.27. The van der Waals surface area contributed by atoms with E-state index < -0.39 is 10.8 Å². The van der Waals surface area contributed by atoms with Crippen molar-refractivity contribution in [1.29, 1.82) is 0 Å². The number of halogens is 1. The number of aromatic nitrogens is 4. The number of benzene rings is 2. The predicted octanol–water partition coefficient (Wildman–Crippen LogP) is 2.38. The minimum Gasteiger partial charge on any atom is -0.379 e. The summed E-state index contributed by atoms with van der Waals surface area (Å²) in [5.41, 5.74) is 9.77. The van der Waals surface area contributed by atoms with Gasteiger partial charge in [-0.1, -0.05) is 23.7 Å². The van der Waals surface area contributed by atoms with Gasteiger partial charge in [0.2, 0.25) is 0 Å². The van der Waals surface area contributed by atoms with Crippen LogP contribution < -0.4 is 11.2 Å². The number of carbonyl (C=O) groups is 1. The molecular weight excluding hydrogens is 428 g/mol. The Bertz CT molecular complexity index is 1330. The maximum Gasteiger partial charge on any atom is 0.270 e. The van der Waals surface area contributed by atoms with E-state index >= 15 is 0 Å². The molecule has 156 valence electrons. The smallest absolute Gasteiger partial charge is 0.270 e. The van der Waals surface area contributed by atoms with Gasteiger partial charge in [0.1, 0.15) is 6.54 Å². The number of nitrogens with zero attached hydrogens (tertiary/aromatic N) is 6. The number of para-hydroxylation sites is 2. The van der Waals surface area contributed by atoms with Gasteiger partial charge in [-0.3, -0.25) is 14.9 Å². The highest BCUT2D eigenvalue weighted by atomic mass is 35.5. The first kappa shape index (κ1) is 20.0. The summed E-state index contributed by atoms with van der Waals surface area (Å²) in [6.07, 6.45) is 1.22. The van der Waals surface area contributed by atoms with Crippen molar-refractivity contribution in [3.8, 4) is 11.5 Å². The van der Waals surface area contributed by atoms with E-state index in [1.165, 1.54) is 24.4 Å². The molecule has 2 heterocycles. The molecule has 13 heteroatoms. The molecule has 2 aromatic carbocycles. The number of carbonyl (C=O) groups excluding carboxylic acids is 1. The van der Waals surface area contributed by atoms with Gasteiger partial charge in [-0.25, -0.2) is 15.0 Å². The van der Waals surface area contributed by atoms with Crippen molar-refractivity contribution in [2.45, 2.75) is 6.54 Å². The highest BCUT2D eigenvalue weighted by Crippen LogP contribution is 2.26. The van der Waals surface area contributed by atoms with Crippen molar-refractivity contribution in [2.24, 2.45) is 5.10 Å². The fraction of sp³-hybridized carbons (Fsp3) is 0.0556. The summed E-state index contributed by atoms with van der Waals surface area (Å²) in [5, 5.41) is 22.3. The van der Waals surface area contributed by atoms with Crippen LogP contribution in [0.1, 0.15) is 5.56 Å². The van der Waals surface area contributed by atoms with Gasteiger partial charge in [0.15, 0.2) is 17.3 Å². The highest BCUT2D eigenvalue weighted by molar-refractivity contribution is 6.33. The van der Waals surface area contributed by atoms with Gasteiger partial charge in [-0.05, 0) is 28.5 Å². The largest absolute Gasteiger partial charge is 0.379 e. The lowest BCUT2D eigenvalue weighted by atomic mass is 10.2. The molecule has 3 N–H and O–H groups in total. The van der Waals surface area contributed by atoms with Gasteiger partial charge in [-0.2, -0.15) is 5.10 Å². The standard InChI is InChI=1S/C18H13ClN8O4/c19-12-6-5-11(27(29)30)7-10(12)8-21-23-15(28)9-26-14-4-2-1-3-13(14)22-18(26)16-17(20)25-31-24-16/h1-8H,9H2,(H2,20,25)(H,23,28)/b21-8+. The Kier molecular flexibility index (Phi) is 5.28. The summed E-state index contributed by atoms with van der Waals surface area (Å²) in [6, 6.07) is 11.1. The lowest BCUT2D eigenvalue weighted by Crippen LogP contribution is -2.23. The van der Waals surface area contributed by atoms with Gasteiger partial charge < -0.3 is 10.3 Å². The highest BCUT2D eigenvalue weighted by Gasteiger charge is 2.20. The third-order valence-corrected chi connectivity index (χ3v) is 4.61. The Morgan fingerprint density at radius 1 is 1.32 bits per heavy atom. The van der Waals surface area contributed by atoms with Crippen LogP contribution in [0.4, 0.5) is 11.5 Å². The lowest BCUT2D eigenvalue weighted by Gasteiger charge is -2.06. The fourth-order valence-corrected chi connectivity index (χ4v) is 3.03. The van der Waals surface area contributed by atoms with E-state index in [0.717, 1.165) is 0 Å². The molecule has 0 aliphatic carbocycles. The zero-order valence-electron chi connectivity index (χ0n) is 15.6. The number of hydrazone groups is 1. The van der Waals surface area contributed by atoms with Crippen LogP contribution in [0.25, 0.3) is 22.6 Å². The number of nitrogens with one attached hydrogen (secondary N) is 1. The first-order valence-electron chi connectivity index (χ1n) is 8.73. The Labute approximate surface area is 178 Å². The monoisotopic (exact) mass is 440 g/mol. The molecule has 0 unspecified atom stereocenters. The molecule has 4 rings (SSSR count). The number of nitrogen functional groups attached to an aromatic ring is 1. The van der Waals surface area contributed by atoms with E-state index in [1.807, 2.05) is 0 Å². The Hall–Kier alpha value is -4.32. The number of hydrogen-bond donors (Lipinski definition) is 2. The molecule has 0 atom stereocenters.